The fourth-order valence-electron chi connectivity index (χ4n) is 4.62. The number of rotatable bonds is 13. The molecular weight excluding hydrogens is 662 g/mol. The molecule has 0 aliphatic heterocycles. The topological polar surface area (TPSA) is 86.8 Å². The average molecular weight is 697 g/mol. The first-order valence-corrected chi connectivity index (χ1v) is 16.8. The second-order valence-electron chi connectivity index (χ2n) is 10.8. The normalized spacial score (nSPS) is 12.0. The quantitative estimate of drug-likeness (QED) is 0.168. The van der Waals surface area contributed by atoms with Crippen molar-refractivity contribution in [3.63, 3.8) is 0 Å². The molecule has 1 unspecified atom stereocenters. The van der Waals surface area contributed by atoms with Gasteiger partial charge in [-0.1, -0.05) is 102 Å². The van der Waals surface area contributed by atoms with Crippen molar-refractivity contribution in [1.82, 2.24) is 10.2 Å². The molecule has 4 aromatic carbocycles. The third kappa shape index (κ3) is 8.94. The summed E-state index contributed by atoms with van der Waals surface area (Å²) in [6, 6.07) is 30.3. The number of hydrogen-bond donors (Lipinski definition) is 1. The van der Waals surface area contributed by atoms with E-state index in [4.69, 9.17) is 11.6 Å². The van der Waals surface area contributed by atoms with Crippen LogP contribution in [0.4, 0.5) is 5.69 Å². The monoisotopic (exact) mass is 695 g/mol. The minimum atomic E-state index is -4.18. The number of anilines is 1. The minimum absolute atomic E-state index is 0.00600. The second kappa shape index (κ2) is 15.4. The summed E-state index contributed by atoms with van der Waals surface area (Å²) >= 11 is 9.49. The Hall–Kier alpha value is -3.66. The summed E-state index contributed by atoms with van der Waals surface area (Å²) in [5.41, 5.74) is 1.99. The van der Waals surface area contributed by atoms with Crippen LogP contribution in [0.3, 0.4) is 0 Å². The largest absolute Gasteiger partial charge is 0.354 e. The van der Waals surface area contributed by atoms with Gasteiger partial charge < -0.3 is 10.2 Å². The molecule has 0 aliphatic rings. The van der Waals surface area contributed by atoms with Crippen LogP contribution in [-0.4, -0.2) is 44.3 Å². The molecule has 0 saturated heterocycles. The molecule has 4 rings (SSSR count). The van der Waals surface area contributed by atoms with Gasteiger partial charge in [0.05, 0.1) is 10.6 Å². The summed E-state index contributed by atoms with van der Waals surface area (Å²) in [6.07, 6.45) is 0.252. The van der Waals surface area contributed by atoms with Crippen LogP contribution < -0.4 is 9.62 Å². The minimum Gasteiger partial charge on any atom is -0.354 e. The highest BCUT2D eigenvalue weighted by Gasteiger charge is 2.34. The van der Waals surface area contributed by atoms with Crippen LogP contribution in [0.25, 0.3) is 0 Å². The SMILES string of the molecule is CC(C)CNC(=O)C(Cc1ccccc1)N(Cc1ccc(Br)cc1)C(=O)CN(c1ccccc1)S(=O)(=O)c1ccc(Cl)cc1. The van der Waals surface area contributed by atoms with Gasteiger partial charge in [-0.2, -0.15) is 0 Å². The molecule has 0 fully saturated rings. The van der Waals surface area contributed by atoms with Gasteiger partial charge in [0.15, 0.2) is 0 Å². The van der Waals surface area contributed by atoms with Crippen molar-refractivity contribution in [2.45, 2.75) is 37.8 Å². The first kappa shape index (κ1) is 33.2. The van der Waals surface area contributed by atoms with Gasteiger partial charge >= 0.3 is 0 Å². The Morgan fingerprint density at radius 1 is 0.818 bits per heavy atom. The van der Waals surface area contributed by atoms with E-state index in [0.717, 1.165) is 19.9 Å². The maximum absolute atomic E-state index is 14.4. The van der Waals surface area contributed by atoms with E-state index in [9.17, 15) is 18.0 Å². The Kier molecular flexibility index (Phi) is 11.6. The molecule has 0 saturated carbocycles. The van der Waals surface area contributed by atoms with Crippen LogP contribution in [-0.2, 0) is 32.6 Å². The van der Waals surface area contributed by atoms with Crippen molar-refractivity contribution in [3.05, 3.63) is 130 Å². The van der Waals surface area contributed by atoms with Crippen molar-refractivity contribution < 1.29 is 18.0 Å². The zero-order valence-corrected chi connectivity index (χ0v) is 27.7. The van der Waals surface area contributed by atoms with Gasteiger partial charge in [-0.15, -0.1) is 0 Å². The fourth-order valence-corrected chi connectivity index (χ4v) is 6.42. The van der Waals surface area contributed by atoms with Gasteiger partial charge in [0.25, 0.3) is 10.0 Å². The molecule has 0 spiro atoms. The Morgan fingerprint density at radius 2 is 1.41 bits per heavy atom. The molecule has 0 aliphatic carbocycles. The summed E-state index contributed by atoms with van der Waals surface area (Å²) in [5.74, 6) is -0.625. The molecule has 1 atom stereocenters. The van der Waals surface area contributed by atoms with Crippen LogP contribution in [0.15, 0.2) is 119 Å². The Balaban J connectivity index is 1.77. The maximum Gasteiger partial charge on any atom is 0.264 e. The third-order valence-corrected chi connectivity index (χ3v) is 9.52. The van der Waals surface area contributed by atoms with Gasteiger partial charge in [0.2, 0.25) is 11.8 Å². The lowest BCUT2D eigenvalue weighted by Crippen LogP contribution is -2.53. The predicted octanol–water partition coefficient (Wildman–Crippen LogP) is 6.71. The number of benzene rings is 4. The summed E-state index contributed by atoms with van der Waals surface area (Å²) in [6.45, 7) is 4.01. The van der Waals surface area contributed by atoms with Crippen LogP contribution in [0, 0.1) is 5.92 Å². The summed E-state index contributed by atoms with van der Waals surface area (Å²) in [7, 11) is -4.18. The van der Waals surface area contributed by atoms with Crippen LogP contribution >= 0.6 is 27.5 Å². The van der Waals surface area contributed by atoms with Gasteiger partial charge in [-0.3, -0.25) is 13.9 Å². The Labute approximate surface area is 273 Å². The number of carbonyl (C=O) groups is 2. The lowest BCUT2D eigenvalue weighted by Gasteiger charge is -2.34. The van der Waals surface area contributed by atoms with Crippen molar-refractivity contribution in [3.8, 4) is 0 Å². The highest BCUT2D eigenvalue weighted by Crippen LogP contribution is 2.26. The Morgan fingerprint density at radius 3 is 2.00 bits per heavy atom. The lowest BCUT2D eigenvalue weighted by molar-refractivity contribution is -0.140. The summed E-state index contributed by atoms with van der Waals surface area (Å²) in [5, 5.41) is 3.39. The zero-order valence-electron chi connectivity index (χ0n) is 24.6. The van der Waals surface area contributed by atoms with Gasteiger partial charge in [-0.05, 0) is 65.6 Å². The number of carbonyl (C=O) groups excluding carboxylic acids is 2. The van der Waals surface area contributed by atoms with Crippen LogP contribution in [0.1, 0.15) is 25.0 Å². The number of hydrogen-bond acceptors (Lipinski definition) is 4. The van der Waals surface area contributed by atoms with Crippen molar-refractivity contribution in [1.29, 1.82) is 0 Å². The van der Waals surface area contributed by atoms with E-state index in [1.54, 1.807) is 30.3 Å². The first-order valence-electron chi connectivity index (χ1n) is 14.2. The second-order valence-corrected chi connectivity index (χ2v) is 14.0. The molecule has 230 valence electrons. The molecule has 1 N–H and O–H groups in total. The molecule has 0 aromatic heterocycles. The number of nitrogens with zero attached hydrogens (tertiary/aromatic N) is 2. The summed E-state index contributed by atoms with van der Waals surface area (Å²) < 4.78 is 30.0. The first-order chi connectivity index (χ1) is 21.0. The fraction of sp³-hybridized carbons (Fsp3) is 0.235. The lowest BCUT2D eigenvalue weighted by atomic mass is 10.0. The zero-order chi connectivity index (χ0) is 31.7. The van der Waals surface area contributed by atoms with Crippen LogP contribution in [0.5, 0.6) is 0 Å². The number of halogens is 2. The number of para-hydroxylation sites is 1. The van der Waals surface area contributed by atoms with Gasteiger partial charge in [0.1, 0.15) is 12.6 Å². The molecular formula is C34H35BrClN3O4S. The molecule has 7 nitrogen and oxygen atoms in total. The molecule has 4 aromatic rings. The van der Waals surface area contributed by atoms with Gasteiger partial charge in [0, 0.05) is 29.0 Å². The summed E-state index contributed by atoms with van der Waals surface area (Å²) in [4.78, 5) is 29.7. The molecule has 44 heavy (non-hydrogen) atoms. The van der Waals surface area contributed by atoms with E-state index in [1.807, 2.05) is 68.4 Å². The van der Waals surface area contributed by atoms with E-state index in [1.165, 1.54) is 29.2 Å². The van der Waals surface area contributed by atoms with E-state index in [2.05, 4.69) is 21.2 Å². The van der Waals surface area contributed by atoms with Crippen molar-refractivity contribution in [2.24, 2.45) is 5.92 Å². The number of sulfonamides is 1. The standard InChI is InChI=1S/C34H35BrClN3O4S/c1-25(2)22-37-34(41)32(21-26-9-5-3-6-10-26)38(23-27-13-15-28(35)16-14-27)33(40)24-39(30-11-7-4-8-12-30)44(42,43)31-19-17-29(36)18-20-31/h3-20,25,32H,21-24H2,1-2H3,(H,37,41). The average Bonchev–Trinajstić information content (AvgIpc) is 3.02. The van der Waals surface area contributed by atoms with E-state index < -0.39 is 28.5 Å². The van der Waals surface area contributed by atoms with E-state index in [0.29, 0.717) is 17.3 Å². The molecule has 0 heterocycles. The molecule has 2 amide bonds. The van der Waals surface area contributed by atoms with Gasteiger partial charge in [-0.25, -0.2) is 8.42 Å². The molecule has 0 radical (unpaired) electrons. The van der Waals surface area contributed by atoms with E-state index >= 15 is 0 Å². The highest BCUT2D eigenvalue weighted by molar-refractivity contribution is 9.10. The van der Waals surface area contributed by atoms with Crippen LogP contribution in [0.2, 0.25) is 5.02 Å². The predicted molar refractivity (Wildman–Crippen MR) is 179 cm³/mol. The third-order valence-electron chi connectivity index (χ3n) is 6.95. The van der Waals surface area contributed by atoms with E-state index in [-0.39, 0.29) is 29.7 Å². The van der Waals surface area contributed by atoms with Crippen molar-refractivity contribution in [2.75, 3.05) is 17.4 Å². The Bertz CT molecular complexity index is 1640. The highest BCUT2D eigenvalue weighted by atomic mass is 79.9. The maximum atomic E-state index is 14.4. The number of amides is 2. The number of nitrogens with one attached hydrogen (secondary N) is 1. The molecule has 10 heteroatoms. The molecule has 0 bridgehead atoms. The van der Waals surface area contributed by atoms with Crippen molar-refractivity contribution >= 4 is 55.1 Å². The smallest absolute Gasteiger partial charge is 0.264 e.